The highest BCUT2D eigenvalue weighted by atomic mass is 32.2. The summed E-state index contributed by atoms with van der Waals surface area (Å²) in [5, 5.41) is 1.18. The molecule has 6 rings (SSSR count). The monoisotopic (exact) mass is 646 g/mol. The van der Waals surface area contributed by atoms with Gasteiger partial charge in [-0.05, 0) is 78.4 Å². The van der Waals surface area contributed by atoms with E-state index in [0.29, 0.717) is 22.4 Å². The Balaban J connectivity index is 1.17. The Labute approximate surface area is 279 Å². The number of allylic oxidation sites excluding steroid dienone is 4. The van der Waals surface area contributed by atoms with Gasteiger partial charge in [-0.15, -0.1) is 0 Å². The zero-order chi connectivity index (χ0) is 31.0. The minimum absolute atomic E-state index is 0.0688. The highest BCUT2D eigenvalue weighted by Crippen LogP contribution is 2.47. The third-order valence-electron chi connectivity index (χ3n) is 7.58. The molecule has 45 heavy (non-hydrogen) atoms. The van der Waals surface area contributed by atoms with E-state index >= 15 is 0 Å². The van der Waals surface area contributed by atoms with E-state index in [4.69, 9.17) is 17.0 Å². The number of thiocarbonyl (C=S) groups is 1. The lowest BCUT2D eigenvalue weighted by molar-refractivity contribution is -0.122. The number of para-hydroxylation sites is 1. The number of aryl methyl sites for hydroxylation is 1. The molecule has 4 aromatic carbocycles. The molecule has 2 aliphatic rings. The molecule has 1 amide bonds. The van der Waals surface area contributed by atoms with Crippen molar-refractivity contribution in [1.29, 1.82) is 0 Å². The van der Waals surface area contributed by atoms with Crippen molar-refractivity contribution in [3.63, 3.8) is 0 Å². The SMILES string of the molecule is CC(=CC=C1Sc2ccc(-c3ccccc3)cc2N1CCCc1ccccc1)C=C1SC(=S)N(CCOc2ccccc2)C1=O. The summed E-state index contributed by atoms with van der Waals surface area (Å²) in [6, 6.07) is 37.6. The average molecular weight is 647 g/mol. The maximum absolute atomic E-state index is 13.2. The standard InChI is InChI=1S/C38H34N2O2S3/c1-28(26-35-37(41)40(38(43)45-35)24-25-42-32-17-9-4-10-18-32)19-22-36-39(23-11-14-29-12-5-2-6-13-29)33-27-31(20-21-34(33)44-36)30-15-7-3-8-16-30/h2-10,12-13,15-22,26-27H,11,14,23-25H2,1H3. The average Bonchev–Trinajstić information content (AvgIpc) is 3.55. The van der Waals surface area contributed by atoms with Crippen molar-refractivity contribution in [3.05, 3.63) is 148 Å². The largest absolute Gasteiger partial charge is 0.492 e. The molecule has 0 spiro atoms. The molecule has 0 atom stereocenters. The molecule has 0 saturated carbocycles. The molecule has 2 aliphatic heterocycles. The first kappa shape index (κ1) is 31.0. The number of anilines is 1. The topological polar surface area (TPSA) is 32.8 Å². The molecular formula is C38H34N2O2S3. The fourth-order valence-corrected chi connectivity index (χ4v) is 7.70. The van der Waals surface area contributed by atoms with E-state index in [0.717, 1.165) is 30.7 Å². The lowest BCUT2D eigenvalue weighted by atomic mass is 10.0. The first-order chi connectivity index (χ1) is 22.0. The summed E-state index contributed by atoms with van der Waals surface area (Å²) in [6.45, 7) is 3.74. The Morgan fingerprint density at radius 2 is 1.53 bits per heavy atom. The molecule has 2 heterocycles. The van der Waals surface area contributed by atoms with E-state index in [1.807, 2.05) is 43.3 Å². The van der Waals surface area contributed by atoms with Gasteiger partial charge in [0, 0.05) is 11.4 Å². The number of hydrogen-bond acceptors (Lipinski definition) is 6. The third kappa shape index (κ3) is 7.79. The number of carbonyl (C=O) groups is 1. The molecule has 4 nitrogen and oxygen atoms in total. The molecule has 0 bridgehead atoms. The number of fused-ring (bicyclic) bond motifs is 1. The summed E-state index contributed by atoms with van der Waals surface area (Å²) in [5.74, 6) is 0.711. The van der Waals surface area contributed by atoms with Crippen LogP contribution in [-0.2, 0) is 11.2 Å². The van der Waals surface area contributed by atoms with E-state index in [2.05, 4.69) is 95.9 Å². The predicted octanol–water partition coefficient (Wildman–Crippen LogP) is 9.51. The van der Waals surface area contributed by atoms with Crippen LogP contribution in [0.1, 0.15) is 18.9 Å². The molecular weight excluding hydrogens is 613 g/mol. The quantitative estimate of drug-likeness (QED) is 0.119. The minimum Gasteiger partial charge on any atom is -0.492 e. The highest BCUT2D eigenvalue weighted by Gasteiger charge is 2.32. The van der Waals surface area contributed by atoms with Crippen molar-refractivity contribution in [1.82, 2.24) is 4.90 Å². The Hall–Kier alpha value is -4.04. The second-order valence-corrected chi connectivity index (χ2v) is 13.5. The van der Waals surface area contributed by atoms with E-state index in [9.17, 15) is 4.79 Å². The molecule has 4 aromatic rings. The number of hydrogen-bond donors (Lipinski definition) is 0. The molecule has 7 heteroatoms. The maximum Gasteiger partial charge on any atom is 0.266 e. The number of nitrogens with zero attached hydrogens (tertiary/aromatic N) is 2. The van der Waals surface area contributed by atoms with Crippen LogP contribution in [0, 0.1) is 0 Å². The van der Waals surface area contributed by atoms with Crippen molar-refractivity contribution in [2.24, 2.45) is 0 Å². The van der Waals surface area contributed by atoms with Gasteiger partial charge < -0.3 is 9.64 Å². The van der Waals surface area contributed by atoms with Gasteiger partial charge in [-0.1, -0.05) is 127 Å². The van der Waals surface area contributed by atoms with Crippen molar-refractivity contribution < 1.29 is 9.53 Å². The van der Waals surface area contributed by atoms with Crippen LogP contribution in [0.15, 0.2) is 148 Å². The normalized spacial score (nSPS) is 16.6. The molecule has 0 aromatic heterocycles. The Kier molecular flexibility index (Phi) is 10.2. The van der Waals surface area contributed by atoms with Gasteiger partial charge in [0.1, 0.15) is 16.7 Å². The molecule has 1 fully saturated rings. The van der Waals surface area contributed by atoms with Gasteiger partial charge in [0.2, 0.25) is 0 Å². The van der Waals surface area contributed by atoms with Crippen LogP contribution in [0.25, 0.3) is 11.1 Å². The van der Waals surface area contributed by atoms with Crippen LogP contribution in [0.3, 0.4) is 0 Å². The Morgan fingerprint density at radius 1 is 0.822 bits per heavy atom. The summed E-state index contributed by atoms with van der Waals surface area (Å²) in [4.78, 5) is 19.1. The highest BCUT2D eigenvalue weighted by molar-refractivity contribution is 8.26. The van der Waals surface area contributed by atoms with Gasteiger partial charge in [-0.25, -0.2) is 0 Å². The number of amides is 1. The van der Waals surface area contributed by atoms with Crippen LogP contribution in [0.2, 0.25) is 0 Å². The molecule has 0 N–H and O–H groups in total. The second-order valence-electron chi connectivity index (χ2n) is 10.8. The van der Waals surface area contributed by atoms with Gasteiger partial charge in [-0.3, -0.25) is 9.69 Å². The summed E-state index contributed by atoms with van der Waals surface area (Å²) in [7, 11) is 0. The van der Waals surface area contributed by atoms with Gasteiger partial charge in [-0.2, -0.15) is 0 Å². The number of rotatable bonds is 11. The van der Waals surface area contributed by atoms with Crippen LogP contribution < -0.4 is 9.64 Å². The molecule has 226 valence electrons. The van der Waals surface area contributed by atoms with E-state index < -0.39 is 0 Å². The number of benzene rings is 4. The summed E-state index contributed by atoms with van der Waals surface area (Å²) in [5.41, 5.74) is 6.02. The third-order valence-corrected chi connectivity index (χ3v) is 10.1. The lowest BCUT2D eigenvalue weighted by Crippen LogP contribution is -2.32. The van der Waals surface area contributed by atoms with Gasteiger partial charge in [0.25, 0.3) is 5.91 Å². The van der Waals surface area contributed by atoms with Crippen LogP contribution in [0.5, 0.6) is 5.75 Å². The van der Waals surface area contributed by atoms with Crippen molar-refractivity contribution in [3.8, 4) is 16.9 Å². The van der Waals surface area contributed by atoms with E-state index in [1.165, 1.54) is 44.1 Å². The number of carbonyl (C=O) groups excluding carboxylic acids is 1. The molecule has 0 radical (unpaired) electrons. The summed E-state index contributed by atoms with van der Waals surface area (Å²) in [6.07, 6.45) is 8.28. The zero-order valence-corrected chi connectivity index (χ0v) is 27.5. The maximum atomic E-state index is 13.2. The smallest absolute Gasteiger partial charge is 0.266 e. The summed E-state index contributed by atoms with van der Waals surface area (Å²) >= 11 is 8.68. The first-order valence-electron chi connectivity index (χ1n) is 15.1. The zero-order valence-electron chi connectivity index (χ0n) is 25.1. The van der Waals surface area contributed by atoms with Crippen LogP contribution in [-0.4, -0.2) is 34.8 Å². The van der Waals surface area contributed by atoms with Crippen LogP contribution in [0.4, 0.5) is 5.69 Å². The van der Waals surface area contributed by atoms with Crippen molar-refractivity contribution in [2.75, 3.05) is 24.6 Å². The Morgan fingerprint density at radius 3 is 2.29 bits per heavy atom. The fraction of sp³-hybridized carbons (Fsp3) is 0.158. The van der Waals surface area contributed by atoms with Gasteiger partial charge >= 0.3 is 0 Å². The molecule has 0 aliphatic carbocycles. The van der Waals surface area contributed by atoms with Crippen LogP contribution >= 0.6 is 35.7 Å². The van der Waals surface area contributed by atoms with E-state index in [1.54, 1.807) is 16.7 Å². The van der Waals surface area contributed by atoms with Crippen molar-refractivity contribution >= 4 is 51.7 Å². The molecule has 1 saturated heterocycles. The van der Waals surface area contributed by atoms with E-state index in [-0.39, 0.29) is 5.91 Å². The fourth-order valence-electron chi connectivity index (χ4n) is 5.27. The first-order valence-corrected chi connectivity index (χ1v) is 17.1. The minimum atomic E-state index is -0.0688. The van der Waals surface area contributed by atoms with Crippen molar-refractivity contribution in [2.45, 2.75) is 24.7 Å². The number of ether oxygens (including phenoxy) is 1. The second kappa shape index (κ2) is 14.8. The summed E-state index contributed by atoms with van der Waals surface area (Å²) < 4.78 is 6.35. The predicted molar refractivity (Wildman–Crippen MR) is 194 cm³/mol. The van der Waals surface area contributed by atoms with Gasteiger partial charge in [0.15, 0.2) is 0 Å². The Bertz CT molecular complexity index is 1750. The number of thioether (sulfide) groups is 2. The molecule has 0 unspecified atom stereocenters. The van der Waals surface area contributed by atoms with Gasteiger partial charge in [0.05, 0.1) is 22.2 Å². The lowest BCUT2D eigenvalue weighted by Gasteiger charge is -2.21.